The van der Waals surface area contributed by atoms with E-state index < -0.39 is 0 Å². The largest absolute Gasteiger partial charge is 0.457 e. The van der Waals surface area contributed by atoms with Crippen LogP contribution in [0.4, 0.5) is 0 Å². The van der Waals surface area contributed by atoms with Crippen LogP contribution in [-0.4, -0.2) is 18.8 Å². The molecule has 0 N–H and O–H groups in total. The molecule has 0 atom stereocenters. The van der Waals surface area contributed by atoms with E-state index in [1.807, 2.05) is 12.4 Å². The van der Waals surface area contributed by atoms with Crippen molar-refractivity contribution in [2.45, 2.75) is 41.5 Å². The Bertz CT molecular complexity index is 3490. The van der Waals surface area contributed by atoms with Gasteiger partial charge in [0.2, 0.25) is 0 Å². The number of ether oxygens (including phenoxy) is 1. The number of nitrogens with zero attached hydrogens (tertiary/aromatic N) is 4. The number of hydrogen-bond acceptors (Lipinski definition) is 3. The molecule has 0 unspecified atom stereocenters. The SMILES string of the molecule is Cc1cccc(C)c1-c1cc(-c2c(C)cccc2C)c2c(c1)c1ccc(Oc3ccc4c5ccccc5n5c(-c6c(C)cccc6C)cnc5c4c3)cc1c1nccn12. The molecule has 0 aliphatic heterocycles. The van der Waals surface area contributed by atoms with Crippen LogP contribution in [-0.2, 0) is 0 Å². The summed E-state index contributed by atoms with van der Waals surface area (Å²) < 4.78 is 11.4. The molecule has 0 radical (unpaired) electrons. The summed E-state index contributed by atoms with van der Waals surface area (Å²) in [6.07, 6.45) is 6.02. The molecular weight excluding hydrogens is 721 g/mol. The fraction of sp³-hybridized carbons (Fsp3) is 0.111. The van der Waals surface area contributed by atoms with Gasteiger partial charge in [-0.05, 0) is 157 Å². The molecule has 59 heavy (non-hydrogen) atoms. The predicted octanol–water partition coefficient (Wildman–Crippen LogP) is 14.2. The van der Waals surface area contributed by atoms with Gasteiger partial charge in [-0.2, -0.15) is 0 Å². The molecule has 0 saturated carbocycles. The number of benzene rings is 7. The lowest BCUT2D eigenvalue weighted by molar-refractivity contribution is 0.484. The Hall–Kier alpha value is -7.24. The van der Waals surface area contributed by atoms with Crippen molar-refractivity contribution in [3.8, 4) is 45.0 Å². The molecule has 11 aromatic rings. The summed E-state index contributed by atoms with van der Waals surface area (Å²) in [5.41, 5.74) is 18.8. The number of pyridine rings is 2. The summed E-state index contributed by atoms with van der Waals surface area (Å²) in [5, 5.41) is 6.70. The van der Waals surface area contributed by atoms with Crippen molar-refractivity contribution in [3.05, 3.63) is 179 Å². The molecule has 0 aliphatic carbocycles. The number of hydrogen-bond donors (Lipinski definition) is 0. The van der Waals surface area contributed by atoms with Crippen molar-refractivity contribution in [1.82, 2.24) is 18.8 Å². The van der Waals surface area contributed by atoms with E-state index in [-0.39, 0.29) is 0 Å². The lowest BCUT2D eigenvalue weighted by Crippen LogP contribution is -1.98. The minimum Gasteiger partial charge on any atom is -0.457 e. The van der Waals surface area contributed by atoms with Crippen molar-refractivity contribution < 1.29 is 4.74 Å². The minimum atomic E-state index is 0.748. The lowest BCUT2D eigenvalue weighted by Gasteiger charge is -2.20. The second-order valence-electron chi connectivity index (χ2n) is 16.2. The maximum atomic E-state index is 6.80. The maximum absolute atomic E-state index is 6.80. The van der Waals surface area contributed by atoms with Gasteiger partial charge in [-0.15, -0.1) is 0 Å². The van der Waals surface area contributed by atoms with Gasteiger partial charge in [0.15, 0.2) is 0 Å². The minimum absolute atomic E-state index is 0.748. The fourth-order valence-electron chi connectivity index (χ4n) is 9.85. The normalized spacial score (nSPS) is 11.9. The molecule has 0 saturated heterocycles. The first-order valence-electron chi connectivity index (χ1n) is 20.3. The Morgan fingerprint density at radius 3 is 1.69 bits per heavy atom. The highest BCUT2D eigenvalue weighted by atomic mass is 16.5. The number of aromatic nitrogens is 4. The molecule has 4 heterocycles. The highest BCUT2D eigenvalue weighted by Crippen LogP contribution is 2.44. The van der Waals surface area contributed by atoms with Crippen molar-refractivity contribution in [3.63, 3.8) is 0 Å². The summed E-state index contributed by atoms with van der Waals surface area (Å²) in [6.45, 7) is 13.2. The number of para-hydroxylation sites is 1. The van der Waals surface area contributed by atoms with Crippen LogP contribution in [0.2, 0.25) is 0 Å². The average Bonchev–Trinajstić information content (AvgIpc) is 3.90. The van der Waals surface area contributed by atoms with Crippen LogP contribution in [0.25, 0.3) is 88.2 Å². The van der Waals surface area contributed by atoms with Crippen LogP contribution in [0, 0.1) is 41.5 Å². The predicted molar refractivity (Wildman–Crippen MR) is 245 cm³/mol. The van der Waals surface area contributed by atoms with Crippen molar-refractivity contribution in [2.24, 2.45) is 0 Å². The molecule has 0 spiro atoms. The Kier molecular flexibility index (Phi) is 7.79. The van der Waals surface area contributed by atoms with Gasteiger partial charge in [-0.3, -0.25) is 8.80 Å². The summed E-state index contributed by atoms with van der Waals surface area (Å²) >= 11 is 0. The van der Waals surface area contributed by atoms with Gasteiger partial charge in [-0.25, -0.2) is 9.97 Å². The van der Waals surface area contributed by atoms with Crippen molar-refractivity contribution >= 4 is 54.6 Å². The molecule has 0 aliphatic rings. The van der Waals surface area contributed by atoms with Gasteiger partial charge >= 0.3 is 0 Å². The molecule has 4 aromatic heterocycles. The molecule has 7 aromatic carbocycles. The van der Waals surface area contributed by atoms with E-state index in [0.717, 1.165) is 61.1 Å². The standard InChI is InChI=1S/C54H42N4O/c1-31-12-9-13-32(2)49(31)37-26-43-41-23-21-38(28-44(41)53-55-24-25-57(53)52(43)46(27-37)50-33(3)14-10-15-34(50)4)59-39-20-22-40-42-18-7-8-19-47(42)58-48(30-56-54(58)45(40)29-39)51-35(5)16-11-17-36(51)6/h7-30H,1-6H3. The zero-order valence-electron chi connectivity index (χ0n) is 34.1. The number of rotatable bonds is 5. The maximum Gasteiger partial charge on any atom is 0.145 e. The topological polar surface area (TPSA) is 43.8 Å². The van der Waals surface area contributed by atoms with E-state index in [1.165, 1.54) is 72.0 Å². The second-order valence-corrected chi connectivity index (χ2v) is 16.2. The third-order valence-corrected chi connectivity index (χ3v) is 12.4. The fourth-order valence-corrected chi connectivity index (χ4v) is 9.85. The molecule has 5 heteroatoms. The Labute approximate surface area is 342 Å². The smallest absolute Gasteiger partial charge is 0.145 e. The monoisotopic (exact) mass is 762 g/mol. The Morgan fingerprint density at radius 2 is 1.03 bits per heavy atom. The van der Waals surface area contributed by atoms with Crippen molar-refractivity contribution in [2.75, 3.05) is 0 Å². The Morgan fingerprint density at radius 1 is 0.458 bits per heavy atom. The van der Waals surface area contributed by atoms with Crippen LogP contribution in [0.5, 0.6) is 11.5 Å². The molecule has 0 bridgehead atoms. The zero-order valence-corrected chi connectivity index (χ0v) is 34.1. The van der Waals surface area contributed by atoms with Gasteiger partial charge in [0.05, 0.1) is 22.9 Å². The summed E-state index contributed by atoms with van der Waals surface area (Å²) in [5.74, 6) is 1.50. The summed E-state index contributed by atoms with van der Waals surface area (Å²) in [4.78, 5) is 10.1. The third kappa shape index (κ3) is 5.31. The molecule has 0 fully saturated rings. The van der Waals surface area contributed by atoms with E-state index in [2.05, 4.69) is 184 Å². The van der Waals surface area contributed by atoms with Crippen LogP contribution in [0.3, 0.4) is 0 Å². The van der Waals surface area contributed by atoms with Gasteiger partial charge in [0.1, 0.15) is 22.8 Å². The first-order chi connectivity index (χ1) is 28.7. The lowest BCUT2D eigenvalue weighted by atomic mass is 9.87. The summed E-state index contributed by atoms with van der Waals surface area (Å²) in [7, 11) is 0. The highest BCUT2D eigenvalue weighted by molar-refractivity contribution is 6.17. The third-order valence-electron chi connectivity index (χ3n) is 12.4. The quantitative estimate of drug-likeness (QED) is 0.164. The van der Waals surface area contributed by atoms with Gasteiger partial charge in [0.25, 0.3) is 0 Å². The number of fused-ring (bicyclic) bond motifs is 12. The molecule has 5 nitrogen and oxygen atoms in total. The molecule has 284 valence electrons. The van der Waals surface area contributed by atoms with E-state index in [1.54, 1.807) is 0 Å². The second kappa shape index (κ2) is 13.2. The van der Waals surface area contributed by atoms with Gasteiger partial charge in [0, 0.05) is 45.1 Å². The van der Waals surface area contributed by atoms with E-state index in [4.69, 9.17) is 14.7 Å². The summed E-state index contributed by atoms with van der Waals surface area (Å²) in [6, 6.07) is 45.8. The zero-order chi connectivity index (χ0) is 40.1. The van der Waals surface area contributed by atoms with E-state index in [0.29, 0.717) is 0 Å². The Balaban J connectivity index is 1.11. The van der Waals surface area contributed by atoms with Crippen LogP contribution < -0.4 is 4.74 Å². The van der Waals surface area contributed by atoms with Crippen LogP contribution >= 0.6 is 0 Å². The number of imidazole rings is 2. The van der Waals surface area contributed by atoms with Gasteiger partial charge in [-0.1, -0.05) is 72.8 Å². The van der Waals surface area contributed by atoms with E-state index in [9.17, 15) is 0 Å². The first-order valence-corrected chi connectivity index (χ1v) is 20.3. The average molecular weight is 763 g/mol. The van der Waals surface area contributed by atoms with Crippen LogP contribution in [0.1, 0.15) is 33.4 Å². The number of aryl methyl sites for hydroxylation is 6. The van der Waals surface area contributed by atoms with E-state index >= 15 is 0 Å². The molecule has 11 rings (SSSR count). The van der Waals surface area contributed by atoms with Crippen molar-refractivity contribution in [1.29, 1.82) is 0 Å². The molecular formula is C54H42N4O. The van der Waals surface area contributed by atoms with Crippen LogP contribution in [0.15, 0.2) is 146 Å². The first kappa shape index (κ1) is 35.0. The molecule has 0 amide bonds. The van der Waals surface area contributed by atoms with Gasteiger partial charge < -0.3 is 4.74 Å². The highest BCUT2D eigenvalue weighted by Gasteiger charge is 2.21.